The monoisotopic (exact) mass is 298 g/mol. The minimum atomic E-state index is -0.130. The molecule has 2 rings (SSSR count). The molecule has 0 radical (unpaired) electrons. The van der Waals surface area contributed by atoms with Gasteiger partial charge in [0.05, 0.1) is 19.3 Å². The first-order valence-corrected chi connectivity index (χ1v) is 8.22. The summed E-state index contributed by atoms with van der Waals surface area (Å²) in [5, 5.41) is 3.14. The van der Waals surface area contributed by atoms with Crippen molar-refractivity contribution in [2.45, 2.75) is 64.8 Å². The van der Waals surface area contributed by atoms with Gasteiger partial charge in [0.25, 0.3) is 0 Å². The highest BCUT2D eigenvalue weighted by Crippen LogP contribution is 2.26. The summed E-state index contributed by atoms with van der Waals surface area (Å²) in [7, 11) is 0. The van der Waals surface area contributed by atoms with Gasteiger partial charge in [0.15, 0.2) is 6.29 Å². The number of hydrogen-bond donors (Lipinski definition) is 1. The van der Waals surface area contributed by atoms with Crippen LogP contribution in [0.25, 0.3) is 0 Å². The minimum Gasteiger partial charge on any atom is -0.350 e. The van der Waals surface area contributed by atoms with Crippen LogP contribution in [0.2, 0.25) is 0 Å². The van der Waals surface area contributed by atoms with Gasteiger partial charge in [-0.15, -0.1) is 0 Å². The topological polar surface area (TPSA) is 50.8 Å². The second kappa shape index (κ2) is 7.07. The molecule has 2 aliphatic heterocycles. The highest BCUT2D eigenvalue weighted by Gasteiger charge is 2.33. The van der Waals surface area contributed by atoms with Gasteiger partial charge in [0, 0.05) is 11.5 Å². The zero-order valence-electron chi connectivity index (χ0n) is 13.9. The summed E-state index contributed by atoms with van der Waals surface area (Å²) in [5.74, 6) is 0.611. The number of carbonyl (C=O) groups is 1. The van der Waals surface area contributed by atoms with Crippen molar-refractivity contribution in [3.63, 3.8) is 0 Å². The molecule has 2 aliphatic rings. The molecule has 2 heterocycles. The van der Waals surface area contributed by atoms with Crippen molar-refractivity contribution in [3.8, 4) is 0 Å². The maximum absolute atomic E-state index is 12.4. The van der Waals surface area contributed by atoms with Crippen LogP contribution in [0.5, 0.6) is 0 Å². The van der Waals surface area contributed by atoms with Crippen molar-refractivity contribution in [1.82, 2.24) is 10.2 Å². The number of carbonyl (C=O) groups excluding carboxylic acids is 1. The largest absolute Gasteiger partial charge is 0.350 e. The third-order valence-electron chi connectivity index (χ3n) is 4.88. The molecule has 1 amide bonds. The van der Waals surface area contributed by atoms with E-state index in [4.69, 9.17) is 9.47 Å². The lowest BCUT2D eigenvalue weighted by Crippen LogP contribution is -2.53. The van der Waals surface area contributed by atoms with Crippen LogP contribution in [-0.2, 0) is 14.3 Å². The number of amides is 1. The second-order valence-electron chi connectivity index (χ2n) is 6.89. The predicted molar refractivity (Wildman–Crippen MR) is 82.0 cm³/mol. The van der Waals surface area contributed by atoms with Crippen LogP contribution in [-0.4, -0.2) is 55.0 Å². The molecule has 0 bridgehead atoms. The molecule has 2 fully saturated rings. The summed E-state index contributed by atoms with van der Waals surface area (Å²) in [6.45, 7) is 11.6. The van der Waals surface area contributed by atoms with Gasteiger partial charge in [-0.25, -0.2) is 0 Å². The average molecular weight is 298 g/mol. The van der Waals surface area contributed by atoms with Crippen LogP contribution in [0.1, 0.15) is 47.0 Å². The van der Waals surface area contributed by atoms with Gasteiger partial charge in [0.2, 0.25) is 5.91 Å². The van der Waals surface area contributed by atoms with E-state index < -0.39 is 0 Å². The Bertz CT molecular complexity index is 345. The molecule has 1 N–H and O–H groups in total. The molecule has 0 spiro atoms. The molecule has 0 aromatic rings. The Morgan fingerprint density at radius 1 is 1.29 bits per heavy atom. The molecule has 5 heteroatoms. The molecule has 122 valence electrons. The van der Waals surface area contributed by atoms with Crippen molar-refractivity contribution >= 4 is 5.91 Å². The maximum Gasteiger partial charge on any atom is 0.237 e. The molecule has 0 aromatic heterocycles. The Morgan fingerprint density at radius 3 is 2.38 bits per heavy atom. The van der Waals surface area contributed by atoms with Gasteiger partial charge in [-0.3, -0.25) is 9.69 Å². The maximum atomic E-state index is 12.4. The van der Waals surface area contributed by atoms with E-state index in [0.717, 1.165) is 45.6 Å². The zero-order valence-corrected chi connectivity index (χ0v) is 13.9. The highest BCUT2D eigenvalue weighted by molar-refractivity contribution is 5.82. The summed E-state index contributed by atoms with van der Waals surface area (Å²) >= 11 is 0. The fourth-order valence-electron chi connectivity index (χ4n) is 2.92. The number of nitrogens with zero attached hydrogens (tertiary/aromatic N) is 1. The fraction of sp³-hybridized carbons (Fsp3) is 0.938. The van der Waals surface area contributed by atoms with Gasteiger partial charge in [0.1, 0.15) is 0 Å². The SMILES string of the molecule is CCC(C)(C)NC(=O)C(C)N1CCC(C2OCCO2)CC1. The first kappa shape index (κ1) is 16.7. The smallest absolute Gasteiger partial charge is 0.237 e. The lowest BCUT2D eigenvalue weighted by atomic mass is 9.95. The van der Waals surface area contributed by atoms with Crippen LogP contribution in [0.3, 0.4) is 0 Å². The fourth-order valence-corrected chi connectivity index (χ4v) is 2.92. The molecule has 2 saturated heterocycles. The summed E-state index contributed by atoms with van der Waals surface area (Å²) < 4.78 is 11.2. The van der Waals surface area contributed by atoms with Crippen LogP contribution in [0.4, 0.5) is 0 Å². The van der Waals surface area contributed by atoms with Crippen molar-refractivity contribution in [3.05, 3.63) is 0 Å². The van der Waals surface area contributed by atoms with Crippen molar-refractivity contribution in [1.29, 1.82) is 0 Å². The number of ether oxygens (including phenoxy) is 2. The zero-order chi connectivity index (χ0) is 15.5. The number of likely N-dealkylation sites (tertiary alicyclic amines) is 1. The van der Waals surface area contributed by atoms with E-state index in [1.807, 2.05) is 6.92 Å². The van der Waals surface area contributed by atoms with Gasteiger partial charge in [-0.2, -0.15) is 0 Å². The first-order chi connectivity index (χ1) is 9.93. The van der Waals surface area contributed by atoms with E-state index in [1.54, 1.807) is 0 Å². The molecular weight excluding hydrogens is 268 g/mol. The molecular formula is C16H30N2O3. The van der Waals surface area contributed by atoms with E-state index in [0.29, 0.717) is 5.92 Å². The van der Waals surface area contributed by atoms with E-state index in [-0.39, 0.29) is 23.8 Å². The minimum absolute atomic E-state index is 0.0182. The molecule has 21 heavy (non-hydrogen) atoms. The average Bonchev–Trinajstić information content (AvgIpc) is 3.00. The lowest BCUT2D eigenvalue weighted by Gasteiger charge is -2.37. The van der Waals surface area contributed by atoms with Crippen LogP contribution in [0.15, 0.2) is 0 Å². The quantitative estimate of drug-likeness (QED) is 0.840. The Hall–Kier alpha value is -0.650. The Kier molecular flexibility index (Phi) is 5.63. The summed E-state index contributed by atoms with van der Waals surface area (Å²) in [6.07, 6.45) is 3.00. The molecule has 0 aliphatic carbocycles. The Morgan fingerprint density at radius 2 is 1.86 bits per heavy atom. The van der Waals surface area contributed by atoms with Crippen molar-refractivity contribution < 1.29 is 14.3 Å². The van der Waals surface area contributed by atoms with Crippen LogP contribution in [0, 0.1) is 5.92 Å². The second-order valence-corrected chi connectivity index (χ2v) is 6.89. The van der Waals surface area contributed by atoms with Crippen molar-refractivity contribution in [2.24, 2.45) is 5.92 Å². The summed E-state index contributed by atoms with van der Waals surface area (Å²) in [6, 6.07) is -0.0674. The third kappa shape index (κ3) is 4.41. The molecule has 5 nitrogen and oxygen atoms in total. The van der Waals surface area contributed by atoms with Crippen LogP contribution >= 0.6 is 0 Å². The van der Waals surface area contributed by atoms with Gasteiger partial charge >= 0.3 is 0 Å². The molecule has 1 unspecified atom stereocenters. The summed E-state index contributed by atoms with van der Waals surface area (Å²) in [5.41, 5.74) is -0.130. The predicted octanol–water partition coefficient (Wildman–Crippen LogP) is 1.76. The normalized spacial score (nSPS) is 24.2. The standard InChI is InChI=1S/C16H30N2O3/c1-5-16(3,4)17-14(19)12(2)18-8-6-13(7-9-18)15-20-10-11-21-15/h12-13,15H,5-11H2,1-4H3,(H,17,19). The number of nitrogens with one attached hydrogen (secondary N) is 1. The molecule has 0 saturated carbocycles. The van der Waals surface area contributed by atoms with E-state index in [1.165, 1.54) is 0 Å². The number of rotatable bonds is 5. The van der Waals surface area contributed by atoms with Gasteiger partial charge < -0.3 is 14.8 Å². The Balaban J connectivity index is 1.79. The third-order valence-corrected chi connectivity index (χ3v) is 4.88. The molecule has 0 aromatic carbocycles. The van der Waals surface area contributed by atoms with Crippen molar-refractivity contribution in [2.75, 3.05) is 26.3 Å². The number of hydrogen-bond acceptors (Lipinski definition) is 4. The lowest BCUT2D eigenvalue weighted by molar-refractivity contribution is -0.130. The number of piperidine rings is 1. The van der Waals surface area contributed by atoms with Crippen LogP contribution < -0.4 is 5.32 Å². The van der Waals surface area contributed by atoms with Gasteiger partial charge in [-0.1, -0.05) is 6.92 Å². The van der Waals surface area contributed by atoms with E-state index in [2.05, 4.69) is 31.0 Å². The van der Waals surface area contributed by atoms with E-state index in [9.17, 15) is 4.79 Å². The molecule has 1 atom stereocenters. The summed E-state index contributed by atoms with van der Waals surface area (Å²) in [4.78, 5) is 14.6. The van der Waals surface area contributed by atoms with Gasteiger partial charge in [-0.05, 0) is 53.1 Å². The first-order valence-electron chi connectivity index (χ1n) is 8.22. The highest BCUT2D eigenvalue weighted by atomic mass is 16.7. The van der Waals surface area contributed by atoms with E-state index >= 15 is 0 Å². The Labute approximate surface area is 128 Å².